The van der Waals surface area contributed by atoms with Crippen LogP contribution in [-0.2, 0) is 0 Å². The van der Waals surface area contributed by atoms with E-state index in [1.54, 1.807) is 0 Å². The summed E-state index contributed by atoms with van der Waals surface area (Å²) in [5.74, 6) is 0.579. The Hall–Kier alpha value is -2.24. The Morgan fingerprint density at radius 3 is 1.04 bits per heavy atom. The lowest BCUT2D eigenvalue weighted by molar-refractivity contribution is 0.0703. The van der Waals surface area contributed by atoms with Gasteiger partial charge in [-0.1, -0.05) is 108 Å². The molecule has 2 aliphatic heterocycles. The average molecular weight is 777 g/mol. The van der Waals surface area contributed by atoms with Crippen LogP contribution in [0.2, 0.25) is 10.0 Å². The fourth-order valence-electron chi connectivity index (χ4n) is 6.89. The fraction of sp³-hybridized carbons (Fsp3) is 0.400. The molecule has 4 unspecified atom stereocenters. The maximum atomic E-state index is 9.77. The highest BCUT2D eigenvalue weighted by Gasteiger charge is 2.28. The molecule has 51 heavy (non-hydrogen) atoms. The van der Waals surface area contributed by atoms with E-state index < -0.39 is 12.2 Å². The minimum atomic E-state index is -0.450. The molecule has 276 valence electrons. The van der Waals surface area contributed by atoms with Crippen LogP contribution in [0.4, 0.5) is 0 Å². The van der Waals surface area contributed by atoms with Gasteiger partial charge in [0.15, 0.2) is 0 Å². The molecule has 11 heteroatoms. The number of benzene rings is 4. The number of aliphatic hydroxyl groups is 2. The average Bonchev–Trinajstić information content (AvgIpc) is 3.16. The van der Waals surface area contributed by atoms with Crippen LogP contribution in [0.15, 0.2) is 109 Å². The summed E-state index contributed by atoms with van der Waals surface area (Å²) >= 11 is 23.6. The van der Waals surface area contributed by atoms with Gasteiger partial charge in [-0.2, -0.15) is 0 Å². The third-order valence-electron chi connectivity index (χ3n) is 9.44. The van der Waals surface area contributed by atoms with Crippen molar-refractivity contribution in [2.24, 2.45) is 0 Å². The number of halogens is 4. The topological polar surface area (TPSA) is 84.9 Å². The number of β-amino-alcohol motifs (C(OH)–C–C–N with tert-alkyl or cyclic N) is 2. The minimum Gasteiger partial charge on any atom is -0.412 e. The van der Waals surface area contributed by atoms with Gasteiger partial charge in [-0.25, -0.2) is 0 Å². The van der Waals surface area contributed by atoms with Crippen LogP contribution in [0.25, 0.3) is 0 Å². The van der Waals surface area contributed by atoms with Crippen LogP contribution in [0.5, 0.6) is 0 Å². The van der Waals surface area contributed by atoms with Crippen molar-refractivity contribution >= 4 is 46.4 Å². The van der Waals surface area contributed by atoms with E-state index in [1.807, 2.05) is 36.4 Å². The van der Waals surface area contributed by atoms with Crippen molar-refractivity contribution in [1.29, 1.82) is 0 Å². The molecule has 4 N–H and O–H groups in total. The summed E-state index contributed by atoms with van der Waals surface area (Å²) in [7, 11) is 0. The van der Waals surface area contributed by atoms with E-state index in [4.69, 9.17) is 46.4 Å². The van der Waals surface area contributed by atoms with E-state index in [1.165, 1.54) is 22.3 Å². The number of hydrogen-bond donors (Lipinski definition) is 2. The normalized spacial score (nSPS) is 18.5. The molecule has 2 saturated heterocycles. The SMILES string of the molecule is O.OC(CCl)CN1CCN(C(c2ccccc2)c2ccc(Cl)cc2)CC1.OC(CCl)CN1CCN(C(c2ccccc2)c2ccc(Cl)cc2)CC1. The molecule has 7 nitrogen and oxygen atoms in total. The standard InChI is InChI=1S/2C20H24Cl2N2O.H2O/c2*21-14-19(25)15-23-10-12-24(13-11-23)20(16-4-2-1-3-5-16)17-6-8-18(22)9-7-17;/h2*1-9,19-20,25H,10-15H2;1H2. The zero-order valence-electron chi connectivity index (χ0n) is 28.9. The summed E-state index contributed by atoms with van der Waals surface area (Å²) in [6.07, 6.45) is -0.899. The first kappa shape index (κ1) is 41.5. The Labute approximate surface area is 323 Å². The monoisotopic (exact) mass is 774 g/mol. The van der Waals surface area contributed by atoms with Crippen LogP contribution in [0, 0.1) is 0 Å². The highest BCUT2D eigenvalue weighted by atomic mass is 35.5. The van der Waals surface area contributed by atoms with Gasteiger partial charge in [-0.05, 0) is 46.5 Å². The molecule has 2 aliphatic rings. The molecule has 0 amide bonds. The lowest BCUT2D eigenvalue weighted by Gasteiger charge is -2.40. The smallest absolute Gasteiger partial charge is 0.0802 e. The van der Waals surface area contributed by atoms with E-state index in [9.17, 15) is 10.2 Å². The van der Waals surface area contributed by atoms with Crippen molar-refractivity contribution in [3.05, 3.63) is 141 Å². The van der Waals surface area contributed by atoms with Crippen LogP contribution < -0.4 is 0 Å². The Morgan fingerprint density at radius 1 is 0.451 bits per heavy atom. The van der Waals surface area contributed by atoms with Gasteiger partial charge in [0, 0.05) is 87.3 Å². The number of rotatable bonds is 12. The number of nitrogens with zero attached hydrogens (tertiary/aromatic N) is 4. The fourth-order valence-corrected chi connectivity index (χ4v) is 7.34. The first-order chi connectivity index (χ1) is 24.3. The van der Waals surface area contributed by atoms with E-state index in [0.29, 0.717) is 13.1 Å². The summed E-state index contributed by atoms with van der Waals surface area (Å²) in [4.78, 5) is 9.57. The first-order valence-electron chi connectivity index (χ1n) is 17.4. The van der Waals surface area contributed by atoms with Gasteiger partial charge in [0.25, 0.3) is 0 Å². The third kappa shape index (κ3) is 12.4. The molecule has 6 rings (SSSR count). The highest BCUT2D eigenvalue weighted by Crippen LogP contribution is 2.32. The zero-order chi connectivity index (χ0) is 35.3. The van der Waals surface area contributed by atoms with Gasteiger partial charge in [-0.3, -0.25) is 19.6 Å². The number of hydrogen-bond acceptors (Lipinski definition) is 6. The Bertz CT molecular complexity index is 1410. The lowest BCUT2D eigenvalue weighted by atomic mass is 9.96. The predicted molar refractivity (Wildman–Crippen MR) is 213 cm³/mol. The molecule has 0 saturated carbocycles. The first-order valence-corrected chi connectivity index (χ1v) is 19.2. The van der Waals surface area contributed by atoms with Gasteiger partial charge in [0.1, 0.15) is 0 Å². The molecule has 0 radical (unpaired) electrons. The van der Waals surface area contributed by atoms with Crippen LogP contribution in [-0.4, -0.2) is 125 Å². The minimum absolute atomic E-state index is 0. The molecular formula is C40H50Cl4N4O3. The van der Waals surface area contributed by atoms with E-state index >= 15 is 0 Å². The van der Waals surface area contributed by atoms with Crippen LogP contribution in [0.3, 0.4) is 0 Å². The van der Waals surface area contributed by atoms with Gasteiger partial charge >= 0.3 is 0 Å². The molecule has 0 aromatic heterocycles. The quantitative estimate of drug-likeness (QED) is 0.161. The largest absolute Gasteiger partial charge is 0.412 e. The summed E-state index contributed by atoms with van der Waals surface area (Å²) in [5, 5.41) is 21.1. The third-order valence-corrected chi connectivity index (χ3v) is 10.7. The van der Waals surface area contributed by atoms with Crippen molar-refractivity contribution in [2.75, 3.05) is 77.2 Å². The second kappa shape index (κ2) is 21.5. The number of piperazine rings is 2. The summed E-state index contributed by atoms with van der Waals surface area (Å²) in [6, 6.07) is 37.9. The molecule has 4 aromatic rings. The predicted octanol–water partition coefficient (Wildman–Crippen LogP) is 6.47. The maximum Gasteiger partial charge on any atom is 0.0802 e. The molecule has 0 spiro atoms. The van der Waals surface area contributed by atoms with E-state index in [0.717, 1.165) is 62.4 Å². The molecule has 4 aromatic carbocycles. The van der Waals surface area contributed by atoms with E-state index in [2.05, 4.69) is 92.4 Å². The van der Waals surface area contributed by atoms with Crippen molar-refractivity contribution in [2.45, 2.75) is 24.3 Å². The molecule has 2 heterocycles. The molecule has 4 atom stereocenters. The van der Waals surface area contributed by atoms with Gasteiger partial charge in [0.05, 0.1) is 24.3 Å². The Morgan fingerprint density at radius 2 is 0.745 bits per heavy atom. The number of aliphatic hydroxyl groups excluding tert-OH is 2. The Kier molecular flexibility index (Phi) is 17.5. The van der Waals surface area contributed by atoms with Gasteiger partial charge in [-0.15, -0.1) is 23.2 Å². The maximum absolute atomic E-state index is 9.77. The van der Waals surface area contributed by atoms with Crippen LogP contribution in [0.1, 0.15) is 34.3 Å². The highest BCUT2D eigenvalue weighted by molar-refractivity contribution is 6.30. The molecule has 0 aliphatic carbocycles. The molecular weight excluding hydrogens is 726 g/mol. The number of alkyl halides is 2. The van der Waals surface area contributed by atoms with Gasteiger partial charge < -0.3 is 15.7 Å². The lowest BCUT2D eigenvalue weighted by Crippen LogP contribution is -2.49. The zero-order valence-corrected chi connectivity index (χ0v) is 31.9. The van der Waals surface area contributed by atoms with Crippen molar-refractivity contribution in [3.63, 3.8) is 0 Å². The van der Waals surface area contributed by atoms with Crippen LogP contribution >= 0.6 is 46.4 Å². The summed E-state index contributed by atoms with van der Waals surface area (Å²) in [5.41, 5.74) is 5.09. The summed E-state index contributed by atoms with van der Waals surface area (Å²) < 4.78 is 0. The van der Waals surface area contributed by atoms with E-state index in [-0.39, 0.29) is 29.3 Å². The molecule has 0 bridgehead atoms. The second-order valence-electron chi connectivity index (χ2n) is 13.0. The second-order valence-corrected chi connectivity index (χ2v) is 14.5. The van der Waals surface area contributed by atoms with Crippen molar-refractivity contribution in [1.82, 2.24) is 19.6 Å². The van der Waals surface area contributed by atoms with Crippen molar-refractivity contribution < 1.29 is 15.7 Å². The summed E-state index contributed by atoms with van der Waals surface area (Å²) in [6.45, 7) is 8.86. The van der Waals surface area contributed by atoms with Gasteiger partial charge in [0.2, 0.25) is 0 Å². The van der Waals surface area contributed by atoms with Crippen molar-refractivity contribution in [3.8, 4) is 0 Å². The molecule has 2 fully saturated rings. The Balaban J connectivity index is 0.000000224.